The van der Waals surface area contributed by atoms with E-state index in [4.69, 9.17) is 4.74 Å². The van der Waals surface area contributed by atoms with Gasteiger partial charge in [-0.3, -0.25) is 0 Å². The molecular formula is C11H16O2. The van der Waals surface area contributed by atoms with Gasteiger partial charge >= 0.3 is 0 Å². The molecule has 2 aliphatic rings. The maximum absolute atomic E-state index is 9.68. The quantitative estimate of drug-likeness (QED) is 0.534. The predicted molar refractivity (Wildman–Crippen MR) is 51.0 cm³/mol. The van der Waals surface area contributed by atoms with Crippen LogP contribution >= 0.6 is 0 Å². The van der Waals surface area contributed by atoms with Crippen molar-refractivity contribution in [3.63, 3.8) is 0 Å². The molecule has 1 N–H and O–H groups in total. The zero-order chi connectivity index (χ0) is 9.10. The molecule has 0 heterocycles. The Balaban J connectivity index is 1.86. The molecule has 0 saturated heterocycles. The average molecular weight is 180 g/mol. The monoisotopic (exact) mass is 180 g/mol. The smallest absolute Gasteiger partial charge is 0.219 e. The molecule has 0 aromatic rings. The van der Waals surface area contributed by atoms with Gasteiger partial charge in [0.05, 0.1) is 5.76 Å². The number of ether oxygens (including phenoxy) is 1. The third-order valence-corrected chi connectivity index (χ3v) is 2.66. The summed E-state index contributed by atoms with van der Waals surface area (Å²) < 4.78 is 5.44. The Kier molecular flexibility index (Phi) is 2.69. The van der Waals surface area contributed by atoms with Gasteiger partial charge in [-0.1, -0.05) is 6.08 Å². The van der Waals surface area contributed by atoms with Gasteiger partial charge in [0.25, 0.3) is 0 Å². The molecule has 0 fully saturated rings. The molecule has 2 heteroatoms. The van der Waals surface area contributed by atoms with E-state index in [1.165, 1.54) is 6.42 Å². The van der Waals surface area contributed by atoms with E-state index in [2.05, 4.69) is 12.2 Å². The van der Waals surface area contributed by atoms with Crippen molar-refractivity contribution in [3.05, 3.63) is 23.5 Å². The van der Waals surface area contributed by atoms with Crippen LogP contribution in [0, 0.1) is 0 Å². The van der Waals surface area contributed by atoms with Crippen molar-refractivity contribution in [2.75, 3.05) is 0 Å². The highest BCUT2D eigenvalue weighted by molar-refractivity contribution is 5.12. The summed E-state index contributed by atoms with van der Waals surface area (Å²) in [6.07, 6.45) is 10.0. The average Bonchev–Trinajstić information content (AvgIpc) is 2.74. The second kappa shape index (κ2) is 3.97. The van der Waals surface area contributed by atoms with E-state index in [-0.39, 0.29) is 0 Å². The van der Waals surface area contributed by atoms with Gasteiger partial charge in [-0.2, -0.15) is 0 Å². The second-order valence-electron chi connectivity index (χ2n) is 3.70. The first kappa shape index (κ1) is 8.82. The summed E-state index contributed by atoms with van der Waals surface area (Å²) >= 11 is 0. The maximum Gasteiger partial charge on any atom is 0.219 e. The normalized spacial score (nSPS) is 24.1. The molecule has 72 valence electrons. The molecule has 0 amide bonds. The largest absolute Gasteiger partial charge is 0.466 e. The van der Waals surface area contributed by atoms with Crippen molar-refractivity contribution in [2.45, 2.75) is 44.8 Å². The molecule has 0 bridgehead atoms. The topological polar surface area (TPSA) is 29.5 Å². The minimum absolute atomic E-state index is 0.674. The van der Waals surface area contributed by atoms with Crippen LogP contribution in [0.5, 0.6) is 0 Å². The van der Waals surface area contributed by atoms with Crippen LogP contribution in [-0.4, -0.2) is 11.4 Å². The van der Waals surface area contributed by atoms with Crippen LogP contribution in [0.2, 0.25) is 0 Å². The molecule has 0 aromatic heterocycles. The van der Waals surface area contributed by atoms with E-state index in [1.807, 2.05) is 0 Å². The highest BCUT2D eigenvalue weighted by Gasteiger charge is 2.17. The van der Waals surface area contributed by atoms with E-state index >= 15 is 0 Å². The fourth-order valence-corrected chi connectivity index (χ4v) is 1.89. The minimum atomic E-state index is -0.674. The van der Waals surface area contributed by atoms with Crippen LogP contribution in [0.1, 0.15) is 38.5 Å². The van der Waals surface area contributed by atoms with Crippen molar-refractivity contribution in [1.82, 2.24) is 0 Å². The lowest BCUT2D eigenvalue weighted by molar-refractivity contribution is -0.0387. The summed E-state index contributed by atoms with van der Waals surface area (Å²) in [5.41, 5.74) is 1.06. The number of allylic oxidation sites excluding steroid dienone is 3. The zero-order valence-electron chi connectivity index (χ0n) is 7.83. The molecule has 0 aromatic carbocycles. The molecule has 0 saturated carbocycles. The predicted octanol–water partition coefficient (Wildman–Crippen LogP) is 2.50. The fourth-order valence-electron chi connectivity index (χ4n) is 1.89. The highest BCUT2D eigenvalue weighted by atomic mass is 16.6. The number of aliphatic hydroxyl groups excluding tert-OH is 1. The van der Waals surface area contributed by atoms with Crippen molar-refractivity contribution >= 4 is 0 Å². The van der Waals surface area contributed by atoms with Crippen LogP contribution in [-0.2, 0) is 4.74 Å². The minimum Gasteiger partial charge on any atom is -0.466 e. The van der Waals surface area contributed by atoms with E-state index in [1.54, 1.807) is 0 Å². The summed E-state index contributed by atoms with van der Waals surface area (Å²) in [6.45, 7) is 0. The number of aliphatic hydroxyl groups is 1. The molecule has 1 atom stereocenters. The number of hydrogen-bond donors (Lipinski definition) is 1. The third kappa shape index (κ3) is 2.13. The zero-order valence-corrected chi connectivity index (χ0v) is 7.83. The summed E-state index contributed by atoms with van der Waals surface area (Å²) in [6, 6.07) is 0. The summed E-state index contributed by atoms with van der Waals surface area (Å²) in [7, 11) is 0. The van der Waals surface area contributed by atoms with Gasteiger partial charge in [0.2, 0.25) is 6.29 Å². The van der Waals surface area contributed by atoms with Gasteiger partial charge in [0.15, 0.2) is 0 Å². The van der Waals surface area contributed by atoms with Crippen LogP contribution in [0.4, 0.5) is 0 Å². The summed E-state index contributed by atoms with van der Waals surface area (Å²) in [4.78, 5) is 0. The molecule has 2 aliphatic carbocycles. The molecule has 0 spiro atoms. The first-order valence-corrected chi connectivity index (χ1v) is 5.09. The van der Waals surface area contributed by atoms with Crippen LogP contribution in [0.25, 0.3) is 0 Å². The van der Waals surface area contributed by atoms with Crippen molar-refractivity contribution in [1.29, 1.82) is 0 Å². The van der Waals surface area contributed by atoms with E-state index < -0.39 is 6.29 Å². The molecule has 0 radical (unpaired) electrons. The fraction of sp³-hybridized carbons (Fsp3) is 0.636. The lowest BCUT2D eigenvalue weighted by Gasteiger charge is -2.15. The lowest BCUT2D eigenvalue weighted by atomic mass is 10.2. The van der Waals surface area contributed by atoms with E-state index in [0.717, 1.165) is 43.4 Å². The maximum atomic E-state index is 9.68. The molecule has 2 rings (SSSR count). The molecule has 2 nitrogen and oxygen atoms in total. The van der Waals surface area contributed by atoms with Gasteiger partial charge in [-0.25, -0.2) is 0 Å². The highest BCUT2D eigenvalue weighted by Crippen LogP contribution is 2.26. The van der Waals surface area contributed by atoms with Crippen LogP contribution in [0.15, 0.2) is 23.5 Å². The summed E-state index contributed by atoms with van der Waals surface area (Å²) in [5, 5.41) is 9.68. The lowest BCUT2D eigenvalue weighted by Crippen LogP contribution is -2.13. The van der Waals surface area contributed by atoms with Crippen molar-refractivity contribution in [2.24, 2.45) is 0 Å². The van der Waals surface area contributed by atoms with Crippen LogP contribution < -0.4 is 0 Å². The molecular weight excluding hydrogens is 164 g/mol. The summed E-state index contributed by atoms with van der Waals surface area (Å²) in [5.74, 6) is 0.973. The van der Waals surface area contributed by atoms with Gasteiger partial charge in [0, 0.05) is 6.42 Å². The first-order valence-electron chi connectivity index (χ1n) is 5.09. The standard InChI is InChI=1S/C11H16O2/c12-11(9-5-1-2-6-9)13-10-7-3-4-8-10/h5,7,11-12H,1-4,6,8H2. The van der Waals surface area contributed by atoms with Gasteiger partial charge in [-0.05, 0) is 43.8 Å². The number of hydrogen-bond acceptors (Lipinski definition) is 2. The van der Waals surface area contributed by atoms with Crippen LogP contribution in [0.3, 0.4) is 0 Å². The SMILES string of the molecule is OC(OC1=CCCC1)C1=CCCC1. The second-order valence-corrected chi connectivity index (χ2v) is 3.70. The van der Waals surface area contributed by atoms with Crippen molar-refractivity contribution < 1.29 is 9.84 Å². The molecule has 0 aliphatic heterocycles. The van der Waals surface area contributed by atoms with Crippen molar-refractivity contribution in [3.8, 4) is 0 Å². The Morgan fingerprint density at radius 3 is 2.54 bits per heavy atom. The Morgan fingerprint density at radius 2 is 1.92 bits per heavy atom. The number of rotatable bonds is 3. The van der Waals surface area contributed by atoms with Gasteiger partial charge in [-0.15, -0.1) is 0 Å². The molecule has 1 unspecified atom stereocenters. The molecule has 13 heavy (non-hydrogen) atoms. The van der Waals surface area contributed by atoms with Gasteiger partial charge in [0.1, 0.15) is 0 Å². The third-order valence-electron chi connectivity index (χ3n) is 2.66. The van der Waals surface area contributed by atoms with E-state index in [0.29, 0.717) is 0 Å². The Morgan fingerprint density at radius 1 is 1.15 bits per heavy atom. The first-order chi connectivity index (χ1) is 6.36. The van der Waals surface area contributed by atoms with Gasteiger partial charge < -0.3 is 9.84 Å². The Hall–Kier alpha value is -0.760. The Labute approximate surface area is 78.9 Å². The van der Waals surface area contributed by atoms with E-state index in [9.17, 15) is 5.11 Å². The Bertz CT molecular complexity index is 240.